The molecule has 138 valence electrons. The lowest BCUT2D eigenvalue weighted by Gasteiger charge is -2.11. The number of nitrogens with zero attached hydrogens (tertiary/aromatic N) is 4. The molecular formula is C23H20N4O. The Morgan fingerprint density at radius 1 is 0.750 bits per heavy atom. The van der Waals surface area contributed by atoms with Gasteiger partial charge in [-0.1, -0.05) is 30.3 Å². The molecule has 5 nitrogen and oxygen atoms in total. The zero-order valence-corrected chi connectivity index (χ0v) is 15.8. The highest BCUT2D eigenvalue weighted by Crippen LogP contribution is 2.25. The molecule has 0 radical (unpaired) electrons. The summed E-state index contributed by atoms with van der Waals surface area (Å²) in [5.41, 5.74) is 4.85. The minimum absolute atomic E-state index is 0.494. The van der Waals surface area contributed by atoms with Crippen LogP contribution in [0.4, 0.5) is 11.4 Å². The van der Waals surface area contributed by atoms with E-state index in [2.05, 4.69) is 44.4 Å². The van der Waals surface area contributed by atoms with Gasteiger partial charge < -0.3 is 9.32 Å². The second kappa shape index (κ2) is 7.88. The van der Waals surface area contributed by atoms with Gasteiger partial charge in [0.05, 0.1) is 5.69 Å². The molecule has 1 heterocycles. The van der Waals surface area contributed by atoms with Crippen LogP contribution < -0.4 is 4.90 Å². The minimum Gasteiger partial charge on any atom is -0.416 e. The fraction of sp³-hybridized carbons (Fsp3) is 0.0870. The van der Waals surface area contributed by atoms with E-state index in [0.29, 0.717) is 11.8 Å². The van der Waals surface area contributed by atoms with Gasteiger partial charge >= 0.3 is 0 Å². The molecule has 0 amide bonds. The van der Waals surface area contributed by atoms with Crippen LogP contribution in [-0.4, -0.2) is 30.5 Å². The lowest BCUT2D eigenvalue weighted by molar-refractivity contribution is 0.584. The van der Waals surface area contributed by atoms with Gasteiger partial charge in [0.1, 0.15) is 0 Å². The van der Waals surface area contributed by atoms with Crippen molar-refractivity contribution in [3.05, 3.63) is 84.4 Å². The van der Waals surface area contributed by atoms with Crippen LogP contribution in [0.5, 0.6) is 0 Å². The molecule has 0 spiro atoms. The maximum Gasteiger partial charge on any atom is 0.248 e. The summed E-state index contributed by atoms with van der Waals surface area (Å²) in [6.45, 7) is 0. The Morgan fingerprint density at radius 3 is 1.96 bits per heavy atom. The van der Waals surface area contributed by atoms with E-state index in [9.17, 15) is 0 Å². The summed E-state index contributed by atoms with van der Waals surface area (Å²) in [5.74, 6) is 1.01. The molecule has 1 aromatic heterocycles. The molecule has 0 saturated carbocycles. The van der Waals surface area contributed by atoms with Crippen molar-refractivity contribution < 1.29 is 4.42 Å². The molecule has 0 aliphatic heterocycles. The van der Waals surface area contributed by atoms with Crippen molar-refractivity contribution in [1.82, 2.24) is 10.2 Å². The maximum atomic E-state index is 5.79. The van der Waals surface area contributed by atoms with Gasteiger partial charge in [0, 0.05) is 37.1 Å². The van der Waals surface area contributed by atoms with Crippen LogP contribution in [0.15, 0.2) is 88.3 Å². The molecule has 5 heteroatoms. The topological polar surface area (TPSA) is 54.5 Å². The second-order valence-electron chi connectivity index (χ2n) is 6.57. The summed E-state index contributed by atoms with van der Waals surface area (Å²) in [5, 5.41) is 8.28. The number of aliphatic imine (C=N–C) groups is 1. The van der Waals surface area contributed by atoms with E-state index in [1.807, 2.05) is 74.9 Å². The van der Waals surface area contributed by atoms with Crippen LogP contribution in [0.3, 0.4) is 0 Å². The van der Waals surface area contributed by atoms with E-state index in [1.165, 1.54) is 0 Å². The molecule has 0 atom stereocenters. The van der Waals surface area contributed by atoms with Crippen molar-refractivity contribution in [3.63, 3.8) is 0 Å². The second-order valence-corrected chi connectivity index (χ2v) is 6.57. The fourth-order valence-corrected chi connectivity index (χ4v) is 2.73. The zero-order chi connectivity index (χ0) is 19.3. The fourth-order valence-electron chi connectivity index (χ4n) is 2.73. The van der Waals surface area contributed by atoms with Crippen LogP contribution >= 0.6 is 0 Å². The molecular weight excluding hydrogens is 348 g/mol. The predicted molar refractivity (Wildman–Crippen MR) is 113 cm³/mol. The number of benzene rings is 3. The molecule has 0 saturated heterocycles. The number of hydrogen-bond donors (Lipinski definition) is 0. The molecule has 4 aromatic rings. The summed E-state index contributed by atoms with van der Waals surface area (Å²) in [6, 6.07) is 25.7. The molecule has 0 aliphatic rings. The Labute approximate surface area is 164 Å². The number of rotatable bonds is 5. The Hall–Kier alpha value is -3.73. The third kappa shape index (κ3) is 3.99. The van der Waals surface area contributed by atoms with Crippen LogP contribution in [0, 0.1) is 0 Å². The Kier molecular flexibility index (Phi) is 4.97. The van der Waals surface area contributed by atoms with E-state index in [0.717, 1.165) is 28.1 Å². The Bertz CT molecular complexity index is 1070. The quantitative estimate of drug-likeness (QED) is 0.453. The van der Waals surface area contributed by atoms with Crippen LogP contribution in [-0.2, 0) is 0 Å². The summed E-state index contributed by atoms with van der Waals surface area (Å²) >= 11 is 0. The SMILES string of the molecule is CN(C)c1ccc(C=Nc2ccc(-c3nnc(-c4ccccc4)o3)cc2)cc1. The smallest absolute Gasteiger partial charge is 0.248 e. The largest absolute Gasteiger partial charge is 0.416 e. The molecule has 0 N–H and O–H groups in total. The van der Waals surface area contributed by atoms with Crippen LogP contribution in [0.1, 0.15) is 5.56 Å². The first-order valence-corrected chi connectivity index (χ1v) is 9.00. The van der Waals surface area contributed by atoms with Crippen molar-refractivity contribution in [3.8, 4) is 22.9 Å². The first-order valence-electron chi connectivity index (χ1n) is 9.00. The molecule has 0 unspecified atom stereocenters. The van der Waals surface area contributed by atoms with Gasteiger partial charge in [-0.3, -0.25) is 4.99 Å². The van der Waals surface area contributed by atoms with Crippen LogP contribution in [0.25, 0.3) is 22.9 Å². The molecule has 3 aromatic carbocycles. The molecule has 4 rings (SSSR count). The van der Waals surface area contributed by atoms with Gasteiger partial charge in [-0.25, -0.2) is 0 Å². The van der Waals surface area contributed by atoms with Crippen LogP contribution in [0.2, 0.25) is 0 Å². The average molecular weight is 368 g/mol. The van der Waals surface area contributed by atoms with E-state index >= 15 is 0 Å². The predicted octanol–water partition coefficient (Wildman–Crippen LogP) is 5.22. The van der Waals surface area contributed by atoms with Gasteiger partial charge in [-0.15, -0.1) is 10.2 Å². The van der Waals surface area contributed by atoms with Crippen molar-refractivity contribution in [2.75, 3.05) is 19.0 Å². The molecule has 0 fully saturated rings. The number of aromatic nitrogens is 2. The highest BCUT2D eigenvalue weighted by Gasteiger charge is 2.09. The van der Waals surface area contributed by atoms with Gasteiger partial charge in [0.2, 0.25) is 11.8 Å². The standard InChI is InChI=1S/C23H20N4O/c1-27(2)21-14-8-17(9-15-21)16-24-20-12-10-19(11-13-20)23-26-25-22(28-23)18-6-4-3-5-7-18/h3-16H,1-2H3. The highest BCUT2D eigenvalue weighted by molar-refractivity contribution is 5.82. The van der Waals surface area contributed by atoms with E-state index < -0.39 is 0 Å². The van der Waals surface area contributed by atoms with E-state index in [4.69, 9.17) is 4.42 Å². The summed E-state index contributed by atoms with van der Waals surface area (Å²) in [4.78, 5) is 6.60. The van der Waals surface area contributed by atoms with E-state index in [-0.39, 0.29) is 0 Å². The third-order valence-corrected chi connectivity index (χ3v) is 4.33. The third-order valence-electron chi connectivity index (χ3n) is 4.33. The molecule has 0 aliphatic carbocycles. The highest BCUT2D eigenvalue weighted by atomic mass is 16.4. The summed E-state index contributed by atoms with van der Waals surface area (Å²) < 4.78 is 5.79. The van der Waals surface area contributed by atoms with Crippen molar-refractivity contribution >= 4 is 17.6 Å². The Balaban J connectivity index is 1.47. The zero-order valence-electron chi connectivity index (χ0n) is 15.8. The van der Waals surface area contributed by atoms with Gasteiger partial charge in [-0.2, -0.15) is 0 Å². The monoisotopic (exact) mass is 368 g/mol. The van der Waals surface area contributed by atoms with Crippen molar-refractivity contribution in [1.29, 1.82) is 0 Å². The summed E-state index contributed by atoms with van der Waals surface area (Å²) in [7, 11) is 4.05. The first kappa shape index (κ1) is 17.7. The summed E-state index contributed by atoms with van der Waals surface area (Å²) in [6.07, 6.45) is 1.86. The average Bonchev–Trinajstić information content (AvgIpc) is 3.24. The van der Waals surface area contributed by atoms with Crippen molar-refractivity contribution in [2.45, 2.75) is 0 Å². The lowest BCUT2D eigenvalue weighted by atomic mass is 10.2. The normalized spacial score (nSPS) is 11.1. The maximum absolute atomic E-state index is 5.79. The van der Waals surface area contributed by atoms with Crippen molar-refractivity contribution in [2.24, 2.45) is 4.99 Å². The van der Waals surface area contributed by atoms with E-state index in [1.54, 1.807) is 0 Å². The molecule has 28 heavy (non-hydrogen) atoms. The van der Waals surface area contributed by atoms with Gasteiger partial charge in [-0.05, 0) is 54.1 Å². The molecule has 0 bridgehead atoms. The lowest BCUT2D eigenvalue weighted by Crippen LogP contribution is -2.08. The first-order chi connectivity index (χ1) is 13.7. The number of anilines is 1. The minimum atomic E-state index is 0.494. The van der Waals surface area contributed by atoms with Gasteiger partial charge in [0.15, 0.2) is 0 Å². The number of hydrogen-bond acceptors (Lipinski definition) is 5. The van der Waals surface area contributed by atoms with Gasteiger partial charge in [0.25, 0.3) is 0 Å². The Morgan fingerprint density at radius 2 is 1.36 bits per heavy atom.